The van der Waals surface area contributed by atoms with E-state index in [0.29, 0.717) is 17.5 Å². The van der Waals surface area contributed by atoms with Gasteiger partial charge in [-0.15, -0.1) is 0 Å². The number of hydrogen-bond donors (Lipinski definition) is 0. The Hall–Kier alpha value is -2.12. The molecule has 0 spiro atoms. The molecule has 7 heteroatoms. The lowest BCUT2D eigenvalue weighted by Crippen LogP contribution is -2.16. The van der Waals surface area contributed by atoms with Crippen molar-refractivity contribution in [2.45, 2.75) is 50.2 Å². The second-order valence-corrected chi connectivity index (χ2v) is 7.42. The van der Waals surface area contributed by atoms with E-state index in [-0.39, 0.29) is 6.10 Å². The van der Waals surface area contributed by atoms with Gasteiger partial charge < -0.3 is 13.8 Å². The Morgan fingerprint density at radius 1 is 1.19 bits per heavy atom. The number of imidazole rings is 1. The molecule has 26 heavy (non-hydrogen) atoms. The molecule has 1 aliphatic rings. The first-order valence-corrected chi connectivity index (χ1v) is 9.85. The van der Waals surface area contributed by atoms with E-state index in [1.807, 2.05) is 37.3 Å². The Bertz CT molecular complexity index is 869. The van der Waals surface area contributed by atoms with E-state index in [0.717, 1.165) is 42.4 Å². The van der Waals surface area contributed by atoms with Crippen LogP contribution >= 0.6 is 11.8 Å². The van der Waals surface area contributed by atoms with Crippen LogP contribution in [0.2, 0.25) is 0 Å². The van der Waals surface area contributed by atoms with Crippen LogP contribution in [-0.2, 0) is 17.0 Å². The first-order valence-electron chi connectivity index (χ1n) is 8.87. The molecule has 0 saturated carbocycles. The SMILES string of the molecule is Cc1nc(SCc2nc(-c3ccccc3)no2)n(CC2CCCO2)c1C. The number of rotatable bonds is 6. The molecule has 2 aromatic heterocycles. The third-order valence-electron chi connectivity index (χ3n) is 4.66. The predicted molar refractivity (Wildman–Crippen MR) is 100.0 cm³/mol. The molecule has 136 valence electrons. The summed E-state index contributed by atoms with van der Waals surface area (Å²) in [6.07, 6.45) is 2.55. The lowest BCUT2D eigenvalue weighted by Gasteiger charge is -2.14. The normalized spacial score (nSPS) is 17.1. The number of aryl methyl sites for hydroxylation is 1. The van der Waals surface area contributed by atoms with E-state index in [1.54, 1.807) is 11.8 Å². The molecule has 0 radical (unpaired) electrons. The van der Waals surface area contributed by atoms with Crippen LogP contribution in [0.5, 0.6) is 0 Å². The summed E-state index contributed by atoms with van der Waals surface area (Å²) in [4.78, 5) is 9.21. The Labute approximate surface area is 157 Å². The van der Waals surface area contributed by atoms with Crippen LogP contribution in [-0.4, -0.2) is 32.4 Å². The highest BCUT2D eigenvalue weighted by Gasteiger charge is 2.21. The monoisotopic (exact) mass is 370 g/mol. The Kier molecular flexibility index (Phi) is 5.08. The standard InChI is InChI=1S/C19H22N4O2S/c1-13-14(2)23(11-16-9-6-10-24-16)19(20-13)26-12-17-21-18(22-25-17)15-7-4-3-5-8-15/h3-5,7-8,16H,6,9-12H2,1-2H3. The first kappa shape index (κ1) is 17.3. The Morgan fingerprint density at radius 2 is 2.04 bits per heavy atom. The van der Waals surface area contributed by atoms with Crippen LogP contribution in [0.3, 0.4) is 0 Å². The summed E-state index contributed by atoms with van der Waals surface area (Å²) in [6, 6.07) is 9.85. The fraction of sp³-hybridized carbons (Fsp3) is 0.421. The number of benzene rings is 1. The van der Waals surface area contributed by atoms with Crippen molar-refractivity contribution in [3.63, 3.8) is 0 Å². The fourth-order valence-corrected chi connectivity index (χ4v) is 4.02. The van der Waals surface area contributed by atoms with Gasteiger partial charge in [0.15, 0.2) is 5.16 Å². The summed E-state index contributed by atoms with van der Waals surface area (Å²) < 4.78 is 13.5. The van der Waals surface area contributed by atoms with E-state index in [2.05, 4.69) is 21.6 Å². The van der Waals surface area contributed by atoms with E-state index in [9.17, 15) is 0 Å². The highest BCUT2D eigenvalue weighted by Crippen LogP contribution is 2.27. The molecule has 0 bridgehead atoms. The molecule has 1 atom stereocenters. The molecule has 3 aromatic rings. The molecule has 1 fully saturated rings. The molecule has 3 heterocycles. The molecule has 1 saturated heterocycles. The third kappa shape index (κ3) is 3.68. The molecular weight excluding hydrogens is 348 g/mol. The minimum absolute atomic E-state index is 0.287. The van der Waals surface area contributed by atoms with Gasteiger partial charge in [-0.2, -0.15) is 4.98 Å². The quantitative estimate of drug-likeness (QED) is 0.611. The molecule has 0 amide bonds. The summed E-state index contributed by atoms with van der Waals surface area (Å²) in [5.41, 5.74) is 3.21. The number of ether oxygens (including phenoxy) is 1. The van der Waals surface area contributed by atoms with Crippen molar-refractivity contribution in [1.82, 2.24) is 19.7 Å². The molecule has 0 aliphatic carbocycles. The zero-order valence-corrected chi connectivity index (χ0v) is 15.8. The van der Waals surface area contributed by atoms with Gasteiger partial charge in [0.1, 0.15) is 0 Å². The molecule has 1 unspecified atom stereocenters. The largest absolute Gasteiger partial charge is 0.376 e. The van der Waals surface area contributed by atoms with E-state index >= 15 is 0 Å². The summed E-state index contributed by atoms with van der Waals surface area (Å²) >= 11 is 1.63. The third-order valence-corrected chi connectivity index (χ3v) is 5.62. The summed E-state index contributed by atoms with van der Waals surface area (Å²) in [5, 5.41) is 5.06. The minimum atomic E-state index is 0.287. The van der Waals surface area contributed by atoms with Gasteiger partial charge in [0.2, 0.25) is 11.7 Å². The van der Waals surface area contributed by atoms with Gasteiger partial charge >= 0.3 is 0 Å². The molecule has 4 rings (SSSR count). The number of thioether (sulfide) groups is 1. The van der Waals surface area contributed by atoms with Crippen molar-refractivity contribution in [1.29, 1.82) is 0 Å². The number of aromatic nitrogens is 4. The van der Waals surface area contributed by atoms with Crippen LogP contribution in [0, 0.1) is 13.8 Å². The molecule has 0 N–H and O–H groups in total. The average molecular weight is 370 g/mol. The second kappa shape index (κ2) is 7.63. The summed E-state index contributed by atoms with van der Waals surface area (Å²) in [6.45, 7) is 5.88. The van der Waals surface area contributed by atoms with Crippen molar-refractivity contribution in [3.8, 4) is 11.4 Å². The van der Waals surface area contributed by atoms with E-state index < -0.39 is 0 Å². The van der Waals surface area contributed by atoms with Crippen LogP contribution < -0.4 is 0 Å². The van der Waals surface area contributed by atoms with Crippen LogP contribution in [0.4, 0.5) is 0 Å². The zero-order valence-electron chi connectivity index (χ0n) is 15.0. The Balaban J connectivity index is 1.46. The summed E-state index contributed by atoms with van der Waals surface area (Å²) in [5.74, 6) is 1.83. The molecule has 1 aliphatic heterocycles. The molecule has 1 aromatic carbocycles. The lowest BCUT2D eigenvalue weighted by atomic mass is 10.2. The molecular formula is C19H22N4O2S. The van der Waals surface area contributed by atoms with Crippen molar-refractivity contribution >= 4 is 11.8 Å². The number of nitrogens with zero attached hydrogens (tertiary/aromatic N) is 4. The van der Waals surface area contributed by atoms with Gasteiger partial charge in [-0.25, -0.2) is 4.98 Å². The summed E-state index contributed by atoms with van der Waals surface area (Å²) in [7, 11) is 0. The average Bonchev–Trinajstić information content (AvgIpc) is 3.39. The van der Waals surface area contributed by atoms with Crippen molar-refractivity contribution in [3.05, 3.63) is 47.6 Å². The van der Waals surface area contributed by atoms with E-state index in [1.165, 1.54) is 5.69 Å². The van der Waals surface area contributed by atoms with Gasteiger partial charge in [0, 0.05) is 17.9 Å². The predicted octanol–water partition coefficient (Wildman–Crippen LogP) is 4.02. The topological polar surface area (TPSA) is 66.0 Å². The minimum Gasteiger partial charge on any atom is -0.376 e. The van der Waals surface area contributed by atoms with Crippen molar-refractivity contribution < 1.29 is 9.26 Å². The highest BCUT2D eigenvalue weighted by atomic mass is 32.2. The van der Waals surface area contributed by atoms with Gasteiger partial charge in [0.25, 0.3) is 0 Å². The van der Waals surface area contributed by atoms with Crippen LogP contribution in [0.25, 0.3) is 11.4 Å². The van der Waals surface area contributed by atoms with E-state index in [4.69, 9.17) is 14.2 Å². The maximum absolute atomic E-state index is 5.79. The smallest absolute Gasteiger partial charge is 0.237 e. The van der Waals surface area contributed by atoms with Gasteiger partial charge in [-0.05, 0) is 26.7 Å². The maximum Gasteiger partial charge on any atom is 0.237 e. The lowest BCUT2D eigenvalue weighted by molar-refractivity contribution is 0.0945. The van der Waals surface area contributed by atoms with Gasteiger partial charge in [-0.3, -0.25) is 0 Å². The van der Waals surface area contributed by atoms with Crippen molar-refractivity contribution in [2.75, 3.05) is 6.61 Å². The van der Waals surface area contributed by atoms with Gasteiger partial charge in [-0.1, -0.05) is 47.3 Å². The first-order chi connectivity index (χ1) is 12.7. The number of hydrogen-bond acceptors (Lipinski definition) is 6. The second-order valence-electron chi connectivity index (χ2n) is 6.48. The van der Waals surface area contributed by atoms with Crippen molar-refractivity contribution in [2.24, 2.45) is 0 Å². The highest BCUT2D eigenvalue weighted by molar-refractivity contribution is 7.98. The van der Waals surface area contributed by atoms with Gasteiger partial charge in [0.05, 0.1) is 24.1 Å². The molecule has 6 nitrogen and oxygen atoms in total. The zero-order chi connectivity index (χ0) is 17.9. The Morgan fingerprint density at radius 3 is 2.81 bits per heavy atom. The van der Waals surface area contributed by atoms with Crippen LogP contribution in [0.1, 0.15) is 30.1 Å². The fourth-order valence-electron chi connectivity index (χ4n) is 3.08. The maximum atomic E-state index is 5.79. The van der Waals surface area contributed by atoms with Crippen LogP contribution in [0.15, 0.2) is 40.0 Å².